The summed E-state index contributed by atoms with van der Waals surface area (Å²) in [5.41, 5.74) is 1.74. The number of hydrogen-bond donors (Lipinski definition) is 4. The van der Waals surface area contributed by atoms with Crippen molar-refractivity contribution in [2.24, 2.45) is 11.8 Å². The molecular formula is C23H29BN2O5. The highest BCUT2D eigenvalue weighted by Crippen LogP contribution is 2.30. The van der Waals surface area contributed by atoms with Gasteiger partial charge in [0.05, 0.1) is 23.7 Å². The van der Waals surface area contributed by atoms with Crippen molar-refractivity contribution in [3.63, 3.8) is 0 Å². The Kier molecular flexibility index (Phi) is 7.95. The Morgan fingerprint density at radius 3 is 2.42 bits per heavy atom. The number of hydrogen-bond acceptors (Lipinski definition) is 6. The number of carbonyl (C=O) groups is 2. The van der Waals surface area contributed by atoms with Crippen molar-refractivity contribution in [3.8, 4) is 11.3 Å². The highest BCUT2D eigenvalue weighted by atomic mass is 16.4. The Bertz CT molecular complexity index is 887. The first-order valence-electron chi connectivity index (χ1n) is 10.8. The molecule has 2 aromatic rings. The van der Waals surface area contributed by atoms with E-state index in [1.807, 2.05) is 30.3 Å². The third-order valence-corrected chi connectivity index (χ3v) is 5.93. The van der Waals surface area contributed by atoms with E-state index in [9.17, 15) is 24.7 Å². The van der Waals surface area contributed by atoms with Crippen LogP contribution in [0.3, 0.4) is 0 Å². The molecule has 1 aromatic heterocycles. The van der Waals surface area contributed by atoms with Gasteiger partial charge in [-0.05, 0) is 31.4 Å². The van der Waals surface area contributed by atoms with Crippen molar-refractivity contribution >= 4 is 18.8 Å². The number of ketones is 1. The fourth-order valence-electron chi connectivity index (χ4n) is 3.78. The van der Waals surface area contributed by atoms with Crippen LogP contribution in [0.15, 0.2) is 48.5 Å². The van der Waals surface area contributed by atoms with Gasteiger partial charge in [-0.2, -0.15) is 0 Å². The van der Waals surface area contributed by atoms with Crippen LogP contribution in [0.2, 0.25) is 0 Å². The molecule has 0 unspecified atom stereocenters. The number of aliphatic hydroxyl groups excluding tert-OH is 1. The van der Waals surface area contributed by atoms with Gasteiger partial charge in [-0.1, -0.05) is 55.7 Å². The van der Waals surface area contributed by atoms with Crippen molar-refractivity contribution in [1.82, 2.24) is 10.3 Å². The Hall–Kier alpha value is -2.55. The lowest BCUT2D eigenvalue weighted by Gasteiger charge is -2.31. The van der Waals surface area contributed by atoms with Gasteiger partial charge in [0, 0.05) is 12.0 Å². The number of pyridine rings is 1. The minimum atomic E-state index is -1.70. The van der Waals surface area contributed by atoms with Crippen LogP contribution in [0.5, 0.6) is 0 Å². The first-order valence-corrected chi connectivity index (χ1v) is 10.8. The molecule has 1 heterocycles. The van der Waals surface area contributed by atoms with Gasteiger partial charge in [0.15, 0.2) is 5.78 Å². The van der Waals surface area contributed by atoms with Crippen LogP contribution in [0.25, 0.3) is 11.3 Å². The summed E-state index contributed by atoms with van der Waals surface area (Å²) >= 11 is 0. The molecule has 0 radical (unpaired) electrons. The van der Waals surface area contributed by atoms with Gasteiger partial charge in [0.1, 0.15) is 5.69 Å². The van der Waals surface area contributed by atoms with Gasteiger partial charge in [0.25, 0.3) is 0 Å². The summed E-state index contributed by atoms with van der Waals surface area (Å²) in [4.78, 5) is 30.0. The first kappa shape index (κ1) is 23.1. The summed E-state index contributed by atoms with van der Waals surface area (Å²) in [5, 5.41) is 32.1. The Morgan fingerprint density at radius 1 is 1.13 bits per heavy atom. The van der Waals surface area contributed by atoms with E-state index < -0.39 is 31.0 Å². The summed E-state index contributed by atoms with van der Waals surface area (Å²) in [7, 11) is -1.70. The van der Waals surface area contributed by atoms with Crippen molar-refractivity contribution in [1.29, 1.82) is 0 Å². The fraction of sp³-hybridized carbons (Fsp3) is 0.435. The average molecular weight is 424 g/mol. The number of nitrogens with one attached hydrogen (secondary N) is 1. The Labute approximate surface area is 182 Å². The lowest BCUT2D eigenvalue weighted by molar-refractivity contribution is -0.128. The molecule has 1 aromatic carbocycles. The lowest BCUT2D eigenvalue weighted by atomic mass is 9.69. The smallest absolute Gasteiger partial charge is 0.426 e. The maximum absolute atomic E-state index is 12.8. The number of amides is 1. The van der Waals surface area contributed by atoms with E-state index in [0.717, 1.165) is 24.8 Å². The molecule has 7 nitrogen and oxygen atoms in total. The van der Waals surface area contributed by atoms with E-state index in [4.69, 9.17) is 0 Å². The van der Waals surface area contributed by atoms with E-state index in [-0.39, 0.29) is 17.9 Å². The molecule has 3 rings (SSSR count). The molecule has 0 spiro atoms. The Balaban J connectivity index is 1.69. The highest BCUT2D eigenvalue weighted by Gasteiger charge is 2.34. The predicted molar refractivity (Wildman–Crippen MR) is 118 cm³/mol. The number of benzene rings is 1. The van der Waals surface area contributed by atoms with Gasteiger partial charge in [0.2, 0.25) is 5.91 Å². The van der Waals surface area contributed by atoms with E-state index in [2.05, 4.69) is 10.3 Å². The summed E-state index contributed by atoms with van der Waals surface area (Å²) in [5.74, 6) is -2.42. The minimum Gasteiger partial charge on any atom is -0.426 e. The summed E-state index contributed by atoms with van der Waals surface area (Å²) < 4.78 is 0. The molecule has 1 fully saturated rings. The number of aromatic nitrogens is 1. The minimum absolute atomic E-state index is 0.216. The van der Waals surface area contributed by atoms with Crippen molar-refractivity contribution in [2.75, 3.05) is 0 Å². The number of rotatable bonds is 10. The fourth-order valence-corrected chi connectivity index (χ4v) is 3.78. The molecule has 1 aliphatic rings. The molecule has 3 atom stereocenters. The maximum Gasteiger partial charge on any atom is 0.475 e. The molecule has 0 aliphatic heterocycles. The molecule has 0 saturated heterocycles. The van der Waals surface area contributed by atoms with E-state index >= 15 is 0 Å². The summed E-state index contributed by atoms with van der Waals surface area (Å²) in [6, 6.07) is 14.6. The van der Waals surface area contributed by atoms with Gasteiger partial charge in [-0.3, -0.25) is 9.59 Å². The van der Waals surface area contributed by atoms with Crippen LogP contribution >= 0.6 is 0 Å². The van der Waals surface area contributed by atoms with E-state index in [0.29, 0.717) is 18.0 Å². The lowest BCUT2D eigenvalue weighted by Crippen LogP contribution is -2.51. The zero-order chi connectivity index (χ0) is 22.4. The standard InChI is InChI=1S/C23H29BN2O5/c1-15(27)18(23(29)26-22(24(30)31)13-16-7-5-8-16)14-21(28)20-12-6-11-19(25-20)17-9-3-2-4-10-17/h2-4,6,9-12,15-16,18,22,27,30-31H,5,7-8,13-14H2,1H3,(H,26,29)/t15-,18-,22-/m0/s1. The van der Waals surface area contributed by atoms with Crippen LogP contribution in [0.1, 0.15) is 49.5 Å². The zero-order valence-electron chi connectivity index (χ0n) is 17.6. The second-order valence-corrected chi connectivity index (χ2v) is 8.31. The van der Waals surface area contributed by atoms with Gasteiger partial charge >= 0.3 is 7.12 Å². The second kappa shape index (κ2) is 10.7. The predicted octanol–water partition coefficient (Wildman–Crippen LogP) is 2.01. The quantitative estimate of drug-likeness (QED) is 0.342. The number of carbonyl (C=O) groups excluding carboxylic acids is 2. The SMILES string of the molecule is C[C@H](O)[C@H](CC(=O)c1cccc(-c2ccccc2)n1)C(=O)N[C@@H](CC1CCC1)B(O)O. The third kappa shape index (κ3) is 6.23. The van der Waals surface area contributed by atoms with Crippen LogP contribution in [0.4, 0.5) is 0 Å². The summed E-state index contributed by atoms with van der Waals surface area (Å²) in [6.07, 6.45) is 2.26. The second-order valence-electron chi connectivity index (χ2n) is 8.31. The largest absolute Gasteiger partial charge is 0.475 e. The Morgan fingerprint density at radius 2 is 1.84 bits per heavy atom. The van der Waals surface area contributed by atoms with Crippen molar-refractivity contribution in [2.45, 2.75) is 51.1 Å². The third-order valence-electron chi connectivity index (χ3n) is 5.93. The highest BCUT2D eigenvalue weighted by molar-refractivity contribution is 6.43. The number of Topliss-reactive ketones (excluding diaryl/α,β-unsaturated/α-hetero) is 1. The van der Waals surface area contributed by atoms with Crippen LogP contribution in [-0.2, 0) is 4.79 Å². The molecule has 8 heteroatoms. The first-order chi connectivity index (χ1) is 14.8. The van der Waals surface area contributed by atoms with Crippen molar-refractivity contribution < 1.29 is 24.7 Å². The molecular weight excluding hydrogens is 395 g/mol. The van der Waals surface area contributed by atoms with Gasteiger partial charge in [-0.15, -0.1) is 0 Å². The molecule has 4 N–H and O–H groups in total. The molecule has 0 bridgehead atoms. The van der Waals surface area contributed by atoms with E-state index in [1.165, 1.54) is 6.92 Å². The van der Waals surface area contributed by atoms with Gasteiger partial charge in [-0.25, -0.2) is 4.98 Å². The molecule has 164 valence electrons. The number of nitrogens with zero attached hydrogens (tertiary/aromatic N) is 1. The molecule has 31 heavy (non-hydrogen) atoms. The molecule has 1 amide bonds. The van der Waals surface area contributed by atoms with Crippen LogP contribution in [-0.4, -0.2) is 51.0 Å². The monoisotopic (exact) mass is 424 g/mol. The molecule has 1 aliphatic carbocycles. The van der Waals surface area contributed by atoms with E-state index in [1.54, 1.807) is 18.2 Å². The molecule has 1 saturated carbocycles. The summed E-state index contributed by atoms with van der Waals surface area (Å²) in [6.45, 7) is 1.45. The van der Waals surface area contributed by atoms with Gasteiger partial charge < -0.3 is 20.5 Å². The normalized spacial score (nSPS) is 16.6. The maximum atomic E-state index is 12.8. The topological polar surface area (TPSA) is 120 Å². The van der Waals surface area contributed by atoms with Crippen molar-refractivity contribution in [3.05, 3.63) is 54.2 Å². The number of aliphatic hydroxyl groups is 1. The van der Waals surface area contributed by atoms with Crippen LogP contribution in [0, 0.1) is 11.8 Å². The zero-order valence-corrected chi connectivity index (χ0v) is 17.6. The average Bonchev–Trinajstić information content (AvgIpc) is 2.73. The van der Waals surface area contributed by atoms with Crippen LogP contribution < -0.4 is 5.32 Å².